The molecule has 3 atom stereocenters. The second-order valence-electron chi connectivity index (χ2n) is 7.84. The zero-order valence-electron chi connectivity index (χ0n) is 15.5. The van der Waals surface area contributed by atoms with Gasteiger partial charge in [0, 0.05) is 25.1 Å². The van der Waals surface area contributed by atoms with Gasteiger partial charge < -0.3 is 5.32 Å². The molecule has 1 aromatic carbocycles. The van der Waals surface area contributed by atoms with E-state index in [-0.39, 0.29) is 29.5 Å². The molecule has 5 nitrogen and oxygen atoms in total. The van der Waals surface area contributed by atoms with Gasteiger partial charge in [-0.15, -0.1) is 0 Å². The number of carbonyl (C=O) groups is 3. The molecular formula is C21H23FN2O3S. The quantitative estimate of drug-likeness (QED) is 0.735. The standard InChI is InChI=1S/C21H23FN2O3S/c22-17-4-2-1-3-15(17)11-18-20(26)24(21(27)28-18)8-7-23-19(25)12-16-10-13-5-6-14(16)9-13/h1-4,11,13-14,16H,5-10,12H2,(H,23,25)/b18-11-/t13-,14+,16-/m0/s1. The van der Waals surface area contributed by atoms with Crippen LogP contribution in [0.1, 0.15) is 37.7 Å². The Morgan fingerprint density at radius 1 is 1.25 bits per heavy atom. The summed E-state index contributed by atoms with van der Waals surface area (Å²) >= 11 is 0.798. The van der Waals surface area contributed by atoms with E-state index in [2.05, 4.69) is 5.32 Å². The summed E-state index contributed by atoms with van der Waals surface area (Å²) in [6, 6.07) is 6.10. The number of rotatable bonds is 6. The molecule has 1 heterocycles. The largest absolute Gasteiger partial charge is 0.354 e. The minimum absolute atomic E-state index is 0.00794. The van der Waals surface area contributed by atoms with Crippen molar-refractivity contribution in [1.29, 1.82) is 0 Å². The molecule has 28 heavy (non-hydrogen) atoms. The summed E-state index contributed by atoms with van der Waals surface area (Å²) in [4.78, 5) is 38.1. The summed E-state index contributed by atoms with van der Waals surface area (Å²) in [5.74, 6) is 1.09. The van der Waals surface area contributed by atoms with Gasteiger partial charge in [-0.1, -0.05) is 24.6 Å². The first-order valence-corrected chi connectivity index (χ1v) is 10.6. The molecular weight excluding hydrogens is 379 g/mol. The Balaban J connectivity index is 1.28. The van der Waals surface area contributed by atoms with Crippen molar-refractivity contribution in [1.82, 2.24) is 10.2 Å². The van der Waals surface area contributed by atoms with Gasteiger partial charge in [0.25, 0.3) is 11.1 Å². The number of hydrogen-bond donors (Lipinski definition) is 1. The van der Waals surface area contributed by atoms with E-state index >= 15 is 0 Å². The SMILES string of the molecule is O=C(C[C@@H]1C[C@H]2CC[C@@H]1C2)NCCN1C(=O)S/C(=C\c2ccccc2F)C1=O. The average Bonchev–Trinajstić information content (AvgIpc) is 3.34. The van der Waals surface area contributed by atoms with Crippen molar-refractivity contribution in [2.24, 2.45) is 17.8 Å². The van der Waals surface area contributed by atoms with Crippen LogP contribution in [0.2, 0.25) is 0 Å². The van der Waals surface area contributed by atoms with Crippen LogP contribution in [0.15, 0.2) is 29.2 Å². The number of carbonyl (C=O) groups excluding carboxylic acids is 3. The van der Waals surface area contributed by atoms with E-state index in [4.69, 9.17) is 0 Å². The highest BCUT2D eigenvalue weighted by Gasteiger charge is 2.40. The summed E-state index contributed by atoms with van der Waals surface area (Å²) < 4.78 is 13.8. The lowest BCUT2D eigenvalue weighted by Gasteiger charge is -2.21. The van der Waals surface area contributed by atoms with E-state index in [1.165, 1.54) is 31.4 Å². The van der Waals surface area contributed by atoms with Gasteiger partial charge in [0.1, 0.15) is 5.82 Å². The molecule has 0 spiro atoms. The monoisotopic (exact) mass is 402 g/mol. The lowest BCUT2D eigenvalue weighted by Crippen LogP contribution is -2.38. The van der Waals surface area contributed by atoms with Gasteiger partial charge in [0.2, 0.25) is 5.91 Å². The van der Waals surface area contributed by atoms with Crippen LogP contribution in [-0.4, -0.2) is 35.0 Å². The van der Waals surface area contributed by atoms with E-state index in [0.29, 0.717) is 18.3 Å². The van der Waals surface area contributed by atoms with Crippen LogP contribution < -0.4 is 5.32 Å². The molecule has 3 fully saturated rings. The second kappa shape index (κ2) is 8.07. The predicted molar refractivity (Wildman–Crippen MR) is 106 cm³/mol. The summed E-state index contributed by atoms with van der Waals surface area (Å²) in [7, 11) is 0. The molecule has 1 aliphatic heterocycles. The third kappa shape index (κ3) is 3.99. The first kappa shape index (κ1) is 19.2. The normalized spacial score (nSPS) is 27.8. The van der Waals surface area contributed by atoms with Gasteiger partial charge in [0.15, 0.2) is 0 Å². The molecule has 2 bridgehead atoms. The van der Waals surface area contributed by atoms with Crippen LogP contribution in [0.3, 0.4) is 0 Å². The van der Waals surface area contributed by atoms with Crippen LogP contribution in [-0.2, 0) is 9.59 Å². The Kier molecular flexibility index (Phi) is 5.53. The number of nitrogens with zero attached hydrogens (tertiary/aromatic N) is 1. The first-order valence-electron chi connectivity index (χ1n) is 9.78. The van der Waals surface area contributed by atoms with Crippen LogP contribution in [0.4, 0.5) is 9.18 Å². The van der Waals surface area contributed by atoms with Crippen molar-refractivity contribution >= 4 is 34.9 Å². The number of imide groups is 1. The second-order valence-corrected chi connectivity index (χ2v) is 8.84. The van der Waals surface area contributed by atoms with Crippen LogP contribution in [0.25, 0.3) is 6.08 Å². The summed E-state index contributed by atoms with van der Waals surface area (Å²) in [5, 5.41) is 2.44. The fourth-order valence-corrected chi connectivity index (χ4v) is 5.53. The lowest BCUT2D eigenvalue weighted by atomic mass is 9.86. The third-order valence-electron chi connectivity index (χ3n) is 6.06. The smallest absolute Gasteiger partial charge is 0.293 e. The Morgan fingerprint density at radius 2 is 2.07 bits per heavy atom. The minimum atomic E-state index is -0.444. The van der Waals surface area contributed by atoms with Gasteiger partial charge in [-0.2, -0.15) is 0 Å². The summed E-state index contributed by atoms with van der Waals surface area (Å²) in [6.45, 7) is 0.367. The molecule has 7 heteroatoms. The molecule has 1 saturated heterocycles. The van der Waals surface area contributed by atoms with Gasteiger partial charge in [-0.25, -0.2) is 4.39 Å². The van der Waals surface area contributed by atoms with Crippen LogP contribution >= 0.6 is 11.8 Å². The van der Waals surface area contributed by atoms with Gasteiger partial charge in [0.05, 0.1) is 4.91 Å². The molecule has 3 aliphatic rings. The predicted octanol–water partition coefficient (Wildman–Crippen LogP) is 3.80. The zero-order chi connectivity index (χ0) is 19.7. The topological polar surface area (TPSA) is 66.5 Å². The maximum absolute atomic E-state index is 13.8. The number of halogens is 1. The molecule has 1 aromatic rings. The molecule has 3 amide bonds. The van der Waals surface area contributed by atoms with Crippen LogP contribution in [0, 0.1) is 23.6 Å². The van der Waals surface area contributed by atoms with E-state index in [1.54, 1.807) is 18.2 Å². The first-order chi connectivity index (χ1) is 13.5. The van der Waals surface area contributed by atoms with Crippen molar-refractivity contribution in [3.05, 3.63) is 40.6 Å². The van der Waals surface area contributed by atoms with Crippen LogP contribution in [0.5, 0.6) is 0 Å². The fraction of sp³-hybridized carbons (Fsp3) is 0.476. The molecule has 148 valence electrons. The summed E-state index contributed by atoms with van der Waals surface area (Å²) in [6.07, 6.45) is 6.91. The lowest BCUT2D eigenvalue weighted by molar-refractivity contribution is -0.124. The zero-order valence-corrected chi connectivity index (χ0v) is 16.3. The molecule has 4 rings (SSSR count). The fourth-order valence-electron chi connectivity index (χ4n) is 4.67. The van der Waals surface area contributed by atoms with E-state index in [1.807, 2.05) is 0 Å². The summed E-state index contributed by atoms with van der Waals surface area (Å²) in [5.41, 5.74) is 0.271. The maximum atomic E-state index is 13.8. The average molecular weight is 402 g/mol. The van der Waals surface area contributed by atoms with Crippen molar-refractivity contribution < 1.29 is 18.8 Å². The van der Waals surface area contributed by atoms with E-state index < -0.39 is 17.0 Å². The van der Waals surface area contributed by atoms with Crippen molar-refractivity contribution in [3.8, 4) is 0 Å². The molecule has 2 aliphatic carbocycles. The number of hydrogen-bond acceptors (Lipinski definition) is 4. The highest BCUT2D eigenvalue weighted by molar-refractivity contribution is 8.18. The number of nitrogens with one attached hydrogen (secondary N) is 1. The van der Waals surface area contributed by atoms with Crippen molar-refractivity contribution in [2.45, 2.75) is 32.1 Å². The molecule has 0 unspecified atom stereocenters. The number of thioether (sulfide) groups is 1. The van der Waals surface area contributed by atoms with Crippen molar-refractivity contribution in [3.63, 3.8) is 0 Å². The Hall–Kier alpha value is -2.15. The molecule has 2 saturated carbocycles. The minimum Gasteiger partial charge on any atom is -0.354 e. The van der Waals surface area contributed by atoms with E-state index in [9.17, 15) is 18.8 Å². The Labute approximate surface area is 167 Å². The van der Waals surface area contributed by atoms with E-state index in [0.717, 1.165) is 29.0 Å². The van der Waals surface area contributed by atoms with Gasteiger partial charge >= 0.3 is 0 Å². The third-order valence-corrected chi connectivity index (χ3v) is 6.96. The number of benzene rings is 1. The molecule has 0 radical (unpaired) electrons. The highest BCUT2D eigenvalue weighted by Crippen LogP contribution is 2.49. The van der Waals surface area contributed by atoms with Gasteiger partial charge in [-0.05, 0) is 60.9 Å². The number of fused-ring (bicyclic) bond motifs is 2. The Morgan fingerprint density at radius 3 is 2.79 bits per heavy atom. The molecule has 0 aromatic heterocycles. The maximum Gasteiger partial charge on any atom is 0.293 e. The van der Waals surface area contributed by atoms with Crippen molar-refractivity contribution in [2.75, 3.05) is 13.1 Å². The Bertz CT molecular complexity index is 841. The number of amides is 3. The highest BCUT2D eigenvalue weighted by atomic mass is 32.2. The molecule has 1 N–H and O–H groups in total. The van der Waals surface area contributed by atoms with Gasteiger partial charge in [-0.3, -0.25) is 19.3 Å².